The summed E-state index contributed by atoms with van der Waals surface area (Å²) in [5.41, 5.74) is 0. The quantitative estimate of drug-likeness (QED) is 0.381. The fourth-order valence-corrected chi connectivity index (χ4v) is 0.105. The molecule has 1 nitrogen and oxygen atoms in total. The topological polar surface area (TPSA) is 12.4 Å². The van der Waals surface area contributed by atoms with Crippen molar-refractivity contribution in [2.45, 2.75) is 48.5 Å². The molecule has 0 aromatic heterocycles. The van der Waals surface area contributed by atoms with E-state index >= 15 is 0 Å². The van der Waals surface area contributed by atoms with Crippen molar-refractivity contribution in [3.8, 4) is 0 Å². The lowest BCUT2D eigenvalue weighted by atomic mass is 10.9. The Balaban J connectivity index is -0.0000000177. The molecule has 0 saturated heterocycles. The molecule has 0 aliphatic rings. The third-order valence-electron chi connectivity index (χ3n) is 0.254. The zero-order valence-corrected chi connectivity index (χ0v) is 12.1. The Morgan fingerprint density at radius 1 is 0.733 bits per heavy atom. The normalized spacial score (nSPS) is 4.73. The Morgan fingerprint density at radius 3 is 0.933 bits per heavy atom. The van der Waals surface area contributed by atoms with Crippen LogP contribution in [0.15, 0.2) is 44.1 Å². The van der Waals surface area contributed by atoms with Gasteiger partial charge in [-0.15, -0.1) is 26.3 Å². The number of rotatable bonds is 1. The molecule has 0 atom stereocenters. The fraction of sp³-hybridized carbons (Fsp3) is 0.500. The Kier molecular flexibility index (Phi) is 1260. The van der Waals surface area contributed by atoms with Crippen LogP contribution in [0.1, 0.15) is 48.5 Å². The highest BCUT2D eigenvalue weighted by Crippen LogP contribution is 1.57. The van der Waals surface area contributed by atoms with E-state index < -0.39 is 0 Å². The van der Waals surface area contributed by atoms with Gasteiger partial charge in [0.15, 0.2) is 0 Å². The molecule has 0 aliphatic carbocycles. The minimum Gasteiger partial charge on any atom is -0.270 e. The molecule has 0 heterocycles. The summed E-state index contributed by atoms with van der Waals surface area (Å²) in [6.45, 7) is 29.2. The van der Waals surface area contributed by atoms with Crippen LogP contribution in [0.2, 0.25) is 0 Å². The van der Waals surface area contributed by atoms with Crippen molar-refractivity contribution in [2.75, 3.05) is 0 Å². The van der Waals surface area contributed by atoms with Crippen LogP contribution in [0.5, 0.6) is 0 Å². The molecule has 0 bridgehead atoms. The minimum absolute atomic E-state index is 1.50. The molecule has 0 saturated carbocycles. The summed E-state index contributed by atoms with van der Waals surface area (Å²) in [4.78, 5) is 3.61. The van der Waals surface area contributed by atoms with Crippen LogP contribution in [0.3, 0.4) is 0 Å². The zero-order valence-electron chi connectivity index (χ0n) is 12.1. The number of nitrogens with zero attached hydrogens (tertiary/aromatic N) is 1. The van der Waals surface area contributed by atoms with Crippen molar-refractivity contribution in [1.29, 1.82) is 0 Å². The van der Waals surface area contributed by atoms with Crippen LogP contribution in [0.25, 0.3) is 0 Å². The summed E-state index contributed by atoms with van der Waals surface area (Å²) in [5, 5.41) is 0. The van der Waals surface area contributed by atoms with Crippen LogP contribution >= 0.6 is 0 Å². The smallest absolute Gasteiger partial charge is 0.0191 e. The van der Waals surface area contributed by atoms with Gasteiger partial charge in [-0.3, -0.25) is 4.99 Å². The van der Waals surface area contributed by atoms with Gasteiger partial charge in [0, 0.05) is 12.4 Å². The van der Waals surface area contributed by atoms with Gasteiger partial charge in [0.05, 0.1) is 0 Å². The molecular weight excluding hydrogens is 182 g/mol. The first-order valence-corrected chi connectivity index (χ1v) is 5.50. The highest BCUT2D eigenvalue weighted by Gasteiger charge is 1.40. The molecule has 0 aromatic carbocycles. The standard InChI is InChI=1S/C4H7N.3C2H6.2C2H4/c1-3-5-4-2;5*1-2/h3-4H,1H2,2H3;3*1-2H3;2*1-2H2. The van der Waals surface area contributed by atoms with E-state index in [4.69, 9.17) is 0 Å². The van der Waals surface area contributed by atoms with Gasteiger partial charge in [0.1, 0.15) is 0 Å². The van der Waals surface area contributed by atoms with Crippen molar-refractivity contribution in [1.82, 2.24) is 0 Å². The largest absolute Gasteiger partial charge is 0.270 e. The molecule has 0 rings (SSSR count). The molecule has 0 spiro atoms. The van der Waals surface area contributed by atoms with Gasteiger partial charge in [-0.2, -0.15) is 0 Å². The lowest BCUT2D eigenvalue weighted by molar-refractivity contribution is 1.50. The zero-order chi connectivity index (χ0) is 14.1. The molecule has 0 amide bonds. The summed E-state index contributed by atoms with van der Waals surface area (Å²) in [6.07, 6.45) is 3.19. The van der Waals surface area contributed by atoms with Gasteiger partial charge in [-0.05, 0) is 6.92 Å². The third kappa shape index (κ3) is 1930. The molecule has 0 aliphatic heterocycles. The SMILES string of the molecule is C=C.C=C.C=CN=CC.CC.CC.CC. The van der Waals surface area contributed by atoms with Gasteiger partial charge < -0.3 is 0 Å². The average Bonchev–Trinajstić information content (AvgIpc) is 2.42. The lowest BCUT2D eigenvalue weighted by Gasteiger charge is -1.58. The van der Waals surface area contributed by atoms with Crippen molar-refractivity contribution in [2.24, 2.45) is 4.99 Å². The van der Waals surface area contributed by atoms with Crippen molar-refractivity contribution >= 4 is 6.21 Å². The summed E-state index contributed by atoms with van der Waals surface area (Å²) >= 11 is 0. The molecule has 0 unspecified atom stereocenters. The number of hydrogen-bond donors (Lipinski definition) is 0. The molecule has 1 heteroatoms. The molecule has 0 N–H and O–H groups in total. The molecule has 0 fully saturated rings. The molecule has 15 heavy (non-hydrogen) atoms. The van der Waals surface area contributed by atoms with Gasteiger partial charge in [-0.1, -0.05) is 48.1 Å². The summed E-state index contributed by atoms with van der Waals surface area (Å²) in [5.74, 6) is 0. The van der Waals surface area contributed by atoms with Crippen LogP contribution in [0, 0.1) is 0 Å². The lowest BCUT2D eigenvalue weighted by Crippen LogP contribution is -1.46. The van der Waals surface area contributed by atoms with E-state index in [0.717, 1.165) is 0 Å². The first kappa shape index (κ1) is 37.1. The van der Waals surface area contributed by atoms with Crippen molar-refractivity contribution in [3.05, 3.63) is 39.1 Å². The molecule has 94 valence electrons. The van der Waals surface area contributed by atoms with E-state index in [1.165, 1.54) is 6.20 Å². The van der Waals surface area contributed by atoms with Crippen molar-refractivity contribution < 1.29 is 0 Å². The Bertz CT molecular complexity index is 63.7. The molecule has 0 radical (unpaired) electrons. The number of hydrogen-bond acceptors (Lipinski definition) is 1. The first-order valence-electron chi connectivity index (χ1n) is 5.50. The van der Waals surface area contributed by atoms with E-state index in [0.29, 0.717) is 0 Å². The van der Waals surface area contributed by atoms with Gasteiger partial charge in [-0.25, -0.2) is 0 Å². The van der Waals surface area contributed by atoms with Gasteiger partial charge >= 0.3 is 0 Å². The van der Waals surface area contributed by atoms with E-state index in [1.807, 2.05) is 48.5 Å². The Hall–Kier alpha value is -1.11. The van der Waals surface area contributed by atoms with Crippen LogP contribution in [-0.2, 0) is 0 Å². The second kappa shape index (κ2) is 510. The third-order valence-corrected chi connectivity index (χ3v) is 0.254. The summed E-state index contributed by atoms with van der Waals surface area (Å²) < 4.78 is 0. The van der Waals surface area contributed by atoms with E-state index in [-0.39, 0.29) is 0 Å². The highest BCUT2D eigenvalue weighted by atomic mass is 14.6. The first-order chi connectivity index (χ1) is 7.41. The summed E-state index contributed by atoms with van der Waals surface area (Å²) in [7, 11) is 0. The van der Waals surface area contributed by atoms with Crippen LogP contribution < -0.4 is 0 Å². The van der Waals surface area contributed by atoms with E-state index in [2.05, 4.69) is 37.9 Å². The predicted molar refractivity (Wildman–Crippen MR) is 80.9 cm³/mol. The average molecular weight is 215 g/mol. The minimum atomic E-state index is 1.50. The fourth-order valence-electron chi connectivity index (χ4n) is 0.105. The summed E-state index contributed by atoms with van der Waals surface area (Å²) in [6, 6.07) is 0. The molecular formula is C14H33N. The monoisotopic (exact) mass is 215 g/mol. The Labute approximate surface area is 99.3 Å². The van der Waals surface area contributed by atoms with Gasteiger partial charge in [0.2, 0.25) is 0 Å². The predicted octanol–water partition coefficient (Wildman–Crippen LogP) is 5.90. The van der Waals surface area contributed by atoms with Gasteiger partial charge in [0.25, 0.3) is 0 Å². The second-order valence-corrected chi connectivity index (χ2v) is 0.590. The van der Waals surface area contributed by atoms with E-state index in [1.54, 1.807) is 6.21 Å². The molecule has 0 aromatic rings. The van der Waals surface area contributed by atoms with Crippen LogP contribution in [-0.4, -0.2) is 6.21 Å². The van der Waals surface area contributed by atoms with Crippen molar-refractivity contribution in [3.63, 3.8) is 0 Å². The number of aliphatic imine (C=N–C) groups is 1. The van der Waals surface area contributed by atoms with E-state index in [9.17, 15) is 0 Å². The second-order valence-electron chi connectivity index (χ2n) is 0.590. The maximum Gasteiger partial charge on any atom is 0.0191 e. The maximum absolute atomic E-state index is 3.61. The Morgan fingerprint density at radius 2 is 0.933 bits per heavy atom. The maximum atomic E-state index is 3.61. The van der Waals surface area contributed by atoms with Crippen LogP contribution in [0.4, 0.5) is 0 Å². The highest BCUT2D eigenvalue weighted by molar-refractivity contribution is 5.53.